The minimum Gasteiger partial charge on any atom is -0.487 e. The summed E-state index contributed by atoms with van der Waals surface area (Å²) in [7, 11) is 0. The SMILES string of the molecule is CCCC(O)C(CC)Oc1ccccc1C(C)CC. The van der Waals surface area contributed by atoms with Gasteiger partial charge in [-0.1, -0.05) is 52.3 Å². The Labute approximate surface area is 117 Å². The fourth-order valence-corrected chi connectivity index (χ4v) is 2.29. The molecule has 2 nitrogen and oxygen atoms in total. The average molecular weight is 264 g/mol. The number of aliphatic hydroxyl groups excluding tert-OH is 1. The number of aliphatic hydroxyl groups is 1. The first-order chi connectivity index (χ1) is 9.13. The van der Waals surface area contributed by atoms with Gasteiger partial charge in [0, 0.05) is 0 Å². The maximum Gasteiger partial charge on any atom is 0.124 e. The van der Waals surface area contributed by atoms with E-state index in [0.29, 0.717) is 5.92 Å². The molecule has 2 heteroatoms. The molecule has 1 rings (SSSR count). The molecule has 0 amide bonds. The van der Waals surface area contributed by atoms with Gasteiger partial charge in [-0.3, -0.25) is 0 Å². The summed E-state index contributed by atoms with van der Waals surface area (Å²) in [5.74, 6) is 1.41. The molecular weight excluding hydrogens is 236 g/mol. The van der Waals surface area contributed by atoms with Crippen molar-refractivity contribution in [2.45, 2.75) is 71.5 Å². The highest BCUT2D eigenvalue weighted by Crippen LogP contribution is 2.30. The standard InChI is InChI=1S/C17H28O2/c1-5-10-15(18)16(7-3)19-17-12-9-8-11-14(17)13(4)6-2/h8-9,11-13,15-16,18H,5-7,10H2,1-4H3. The Hall–Kier alpha value is -1.02. The molecular formula is C17H28O2. The number of ether oxygens (including phenoxy) is 1. The first kappa shape index (κ1) is 16.0. The van der Waals surface area contributed by atoms with Gasteiger partial charge in [-0.05, 0) is 36.8 Å². The Morgan fingerprint density at radius 1 is 1.11 bits per heavy atom. The van der Waals surface area contributed by atoms with E-state index < -0.39 is 0 Å². The predicted octanol–water partition coefficient (Wildman–Crippen LogP) is 4.52. The highest BCUT2D eigenvalue weighted by Gasteiger charge is 2.20. The molecule has 3 atom stereocenters. The van der Waals surface area contributed by atoms with Gasteiger partial charge < -0.3 is 9.84 Å². The van der Waals surface area contributed by atoms with E-state index in [1.54, 1.807) is 0 Å². The van der Waals surface area contributed by atoms with Crippen molar-refractivity contribution in [3.8, 4) is 5.75 Å². The maximum atomic E-state index is 10.1. The second kappa shape index (κ2) is 8.21. The Morgan fingerprint density at radius 3 is 2.37 bits per heavy atom. The lowest BCUT2D eigenvalue weighted by Gasteiger charge is -2.25. The van der Waals surface area contributed by atoms with Crippen molar-refractivity contribution in [3.63, 3.8) is 0 Å². The monoisotopic (exact) mass is 264 g/mol. The summed E-state index contributed by atoms with van der Waals surface area (Å²) in [5.41, 5.74) is 1.24. The van der Waals surface area contributed by atoms with Crippen LogP contribution in [-0.2, 0) is 0 Å². The van der Waals surface area contributed by atoms with E-state index in [1.807, 2.05) is 12.1 Å². The van der Waals surface area contributed by atoms with Gasteiger partial charge in [0.25, 0.3) is 0 Å². The van der Waals surface area contributed by atoms with Gasteiger partial charge in [-0.15, -0.1) is 0 Å². The van der Waals surface area contributed by atoms with Crippen molar-refractivity contribution in [1.29, 1.82) is 0 Å². The molecule has 0 saturated carbocycles. The highest BCUT2D eigenvalue weighted by atomic mass is 16.5. The van der Waals surface area contributed by atoms with Crippen LogP contribution in [0.15, 0.2) is 24.3 Å². The van der Waals surface area contributed by atoms with Gasteiger partial charge >= 0.3 is 0 Å². The molecule has 1 aromatic carbocycles. The molecule has 0 radical (unpaired) electrons. The van der Waals surface area contributed by atoms with Gasteiger partial charge in [-0.25, -0.2) is 0 Å². The largest absolute Gasteiger partial charge is 0.487 e. The topological polar surface area (TPSA) is 29.5 Å². The number of para-hydroxylation sites is 1. The Morgan fingerprint density at radius 2 is 1.79 bits per heavy atom. The van der Waals surface area contributed by atoms with Gasteiger partial charge in [0.1, 0.15) is 11.9 Å². The third-order valence-electron chi connectivity index (χ3n) is 3.76. The zero-order chi connectivity index (χ0) is 14.3. The lowest BCUT2D eigenvalue weighted by Crippen LogP contribution is -2.31. The lowest BCUT2D eigenvalue weighted by molar-refractivity contribution is 0.0277. The van der Waals surface area contributed by atoms with Crippen molar-refractivity contribution in [1.82, 2.24) is 0 Å². The summed E-state index contributed by atoms with van der Waals surface area (Å²) in [6.45, 7) is 8.55. The van der Waals surface area contributed by atoms with Crippen LogP contribution in [0.25, 0.3) is 0 Å². The fourth-order valence-electron chi connectivity index (χ4n) is 2.29. The first-order valence-corrected chi connectivity index (χ1v) is 7.57. The van der Waals surface area contributed by atoms with Crippen LogP contribution in [0, 0.1) is 0 Å². The molecule has 3 unspecified atom stereocenters. The van der Waals surface area contributed by atoms with E-state index in [1.165, 1.54) is 5.56 Å². The second-order valence-electron chi connectivity index (χ2n) is 5.27. The Bertz CT molecular complexity index is 362. The van der Waals surface area contributed by atoms with E-state index >= 15 is 0 Å². The molecule has 0 heterocycles. The minimum absolute atomic E-state index is 0.106. The van der Waals surface area contributed by atoms with E-state index in [9.17, 15) is 5.11 Å². The van der Waals surface area contributed by atoms with Crippen LogP contribution in [0.2, 0.25) is 0 Å². The summed E-state index contributed by atoms with van der Waals surface area (Å²) < 4.78 is 6.08. The lowest BCUT2D eigenvalue weighted by atomic mass is 9.97. The van der Waals surface area contributed by atoms with Crippen molar-refractivity contribution in [3.05, 3.63) is 29.8 Å². The molecule has 0 bridgehead atoms. The molecule has 1 N–H and O–H groups in total. The molecule has 1 aromatic rings. The highest BCUT2D eigenvalue weighted by molar-refractivity contribution is 5.36. The van der Waals surface area contributed by atoms with Crippen molar-refractivity contribution in [2.24, 2.45) is 0 Å². The number of rotatable bonds is 8. The summed E-state index contributed by atoms with van der Waals surface area (Å²) in [4.78, 5) is 0. The Balaban J connectivity index is 2.84. The summed E-state index contributed by atoms with van der Waals surface area (Å²) in [5, 5.41) is 10.1. The van der Waals surface area contributed by atoms with Crippen LogP contribution in [0.4, 0.5) is 0 Å². The number of hydrogen-bond donors (Lipinski definition) is 1. The van der Waals surface area contributed by atoms with Gasteiger partial charge in [-0.2, -0.15) is 0 Å². The second-order valence-corrected chi connectivity index (χ2v) is 5.27. The van der Waals surface area contributed by atoms with Crippen LogP contribution < -0.4 is 4.74 Å². The van der Waals surface area contributed by atoms with Crippen molar-refractivity contribution >= 4 is 0 Å². The summed E-state index contributed by atoms with van der Waals surface area (Å²) in [6, 6.07) is 8.20. The van der Waals surface area contributed by atoms with Crippen molar-refractivity contribution < 1.29 is 9.84 Å². The van der Waals surface area contributed by atoms with Crippen LogP contribution in [0.3, 0.4) is 0 Å². The molecule has 0 fully saturated rings. The van der Waals surface area contributed by atoms with E-state index in [4.69, 9.17) is 4.74 Å². The zero-order valence-electron chi connectivity index (χ0n) is 12.7. The van der Waals surface area contributed by atoms with Gasteiger partial charge in [0.05, 0.1) is 6.10 Å². The van der Waals surface area contributed by atoms with Crippen molar-refractivity contribution in [2.75, 3.05) is 0 Å². The summed E-state index contributed by atoms with van der Waals surface area (Å²) in [6.07, 6.45) is 3.22. The normalized spacial score (nSPS) is 15.8. The molecule has 0 spiro atoms. The molecule has 0 aliphatic carbocycles. The number of benzene rings is 1. The molecule has 108 valence electrons. The molecule has 19 heavy (non-hydrogen) atoms. The maximum absolute atomic E-state index is 10.1. The van der Waals surface area contributed by atoms with Crippen LogP contribution in [0.5, 0.6) is 5.75 Å². The number of hydrogen-bond acceptors (Lipinski definition) is 2. The fraction of sp³-hybridized carbons (Fsp3) is 0.647. The predicted molar refractivity (Wildman–Crippen MR) is 80.8 cm³/mol. The first-order valence-electron chi connectivity index (χ1n) is 7.57. The molecule has 0 saturated heterocycles. The Kier molecular flexibility index (Phi) is 6.93. The van der Waals surface area contributed by atoms with Gasteiger partial charge in [0.2, 0.25) is 0 Å². The smallest absolute Gasteiger partial charge is 0.124 e. The van der Waals surface area contributed by atoms with E-state index in [0.717, 1.165) is 31.4 Å². The minimum atomic E-state index is -0.375. The molecule has 0 aliphatic heterocycles. The average Bonchev–Trinajstić information content (AvgIpc) is 2.44. The quantitative estimate of drug-likeness (QED) is 0.748. The molecule has 0 aromatic heterocycles. The van der Waals surface area contributed by atoms with Crippen LogP contribution in [0.1, 0.15) is 64.9 Å². The molecule has 0 aliphatic rings. The zero-order valence-corrected chi connectivity index (χ0v) is 12.7. The van der Waals surface area contributed by atoms with E-state index in [2.05, 4.69) is 39.8 Å². The van der Waals surface area contributed by atoms with E-state index in [-0.39, 0.29) is 12.2 Å². The third kappa shape index (κ3) is 4.54. The van der Waals surface area contributed by atoms with Crippen LogP contribution in [-0.4, -0.2) is 17.3 Å². The van der Waals surface area contributed by atoms with Crippen LogP contribution >= 0.6 is 0 Å². The van der Waals surface area contributed by atoms with Gasteiger partial charge in [0.15, 0.2) is 0 Å². The summed E-state index contributed by atoms with van der Waals surface area (Å²) >= 11 is 0. The third-order valence-corrected chi connectivity index (χ3v) is 3.76.